The Balaban J connectivity index is 1.22. The zero-order valence-electron chi connectivity index (χ0n) is 24.3. The Hall–Kier alpha value is -5.46. The third kappa shape index (κ3) is 3.34. The first kappa shape index (κ1) is 24.0. The lowest BCUT2D eigenvalue weighted by Gasteiger charge is -2.19. The van der Waals surface area contributed by atoms with Crippen LogP contribution in [-0.4, -0.2) is 0 Å². The highest BCUT2D eigenvalue weighted by molar-refractivity contribution is 6.21. The molecule has 0 nitrogen and oxygen atoms in total. The van der Waals surface area contributed by atoms with Gasteiger partial charge in [0.15, 0.2) is 0 Å². The second-order valence-electron chi connectivity index (χ2n) is 12.4. The molecule has 0 bridgehead atoms. The minimum atomic E-state index is 0.994. The Morgan fingerprint density at radius 1 is 0.318 bits per heavy atom. The normalized spacial score (nSPS) is 12.8. The second kappa shape index (κ2) is 9.02. The topological polar surface area (TPSA) is 0 Å². The van der Waals surface area contributed by atoms with Gasteiger partial charge in [0.25, 0.3) is 0 Å². The van der Waals surface area contributed by atoms with Crippen molar-refractivity contribution in [2.24, 2.45) is 0 Å². The quantitative estimate of drug-likeness (QED) is 0.186. The van der Waals surface area contributed by atoms with Crippen LogP contribution >= 0.6 is 0 Å². The lowest BCUT2D eigenvalue weighted by molar-refractivity contribution is 1.26. The van der Waals surface area contributed by atoms with Crippen LogP contribution < -0.4 is 0 Å². The zero-order valence-corrected chi connectivity index (χ0v) is 24.3. The Bertz CT molecular complexity index is 2440. The van der Waals surface area contributed by atoms with E-state index in [1.165, 1.54) is 99.1 Å². The molecule has 0 aliphatic heterocycles. The van der Waals surface area contributed by atoms with E-state index in [1.807, 2.05) is 0 Å². The van der Waals surface area contributed by atoms with Crippen molar-refractivity contribution in [2.75, 3.05) is 0 Å². The molecule has 0 unspecified atom stereocenters. The lowest BCUT2D eigenvalue weighted by atomic mass is 9.84. The molecule has 2 aliphatic rings. The molecule has 0 heteroatoms. The minimum Gasteiger partial charge on any atom is -0.0619 e. The molecule has 0 radical (unpaired) electrons. The van der Waals surface area contributed by atoms with Crippen molar-refractivity contribution in [2.45, 2.75) is 12.8 Å². The van der Waals surface area contributed by atoms with E-state index in [0.29, 0.717) is 0 Å². The van der Waals surface area contributed by atoms with E-state index in [1.54, 1.807) is 0 Å². The standard InChI is InChI=1S/C44H28/c1-3-11-33-27(9-1)21-22-35-41-26-32(20-18-30(41)24-42(33)35)44-38-15-7-5-13-36(38)43(37-14-6-8-16-39(37)44)31-19-17-29-23-28-10-2-4-12-34(28)40(29)25-31/h1-22,25-26H,23-24H2. The summed E-state index contributed by atoms with van der Waals surface area (Å²) in [6.45, 7) is 0. The van der Waals surface area contributed by atoms with Gasteiger partial charge in [-0.1, -0.05) is 133 Å². The molecule has 0 aromatic heterocycles. The van der Waals surface area contributed by atoms with E-state index < -0.39 is 0 Å². The van der Waals surface area contributed by atoms with Gasteiger partial charge in [0.1, 0.15) is 0 Å². The number of benzene rings is 8. The molecule has 0 atom stereocenters. The molecule has 0 amide bonds. The van der Waals surface area contributed by atoms with Gasteiger partial charge in [0.2, 0.25) is 0 Å². The fourth-order valence-electron chi connectivity index (χ4n) is 8.14. The largest absolute Gasteiger partial charge is 0.0619 e. The number of hydrogen-bond acceptors (Lipinski definition) is 0. The first-order valence-electron chi connectivity index (χ1n) is 15.6. The fraction of sp³-hybridized carbons (Fsp3) is 0.0455. The summed E-state index contributed by atoms with van der Waals surface area (Å²) < 4.78 is 0. The molecule has 8 aromatic rings. The maximum absolute atomic E-state index is 2.45. The van der Waals surface area contributed by atoms with Gasteiger partial charge in [-0.15, -0.1) is 0 Å². The highest BCUT2D eigenvalue weighted by atomic mass is 14.3. The van der Waals surface area contributed by atoms with Crippen LogP contribution in [-0.2, 0) is 12.8 Å². The van der Waals surface area contributed by atoms with E-state index in [2.05, 4.69) is 146 Å². The summed E-state index contributed by atoms with van der Waals surface area (Å²) in [5.74, 6) is 0. The van der Waals surface area contributed by atoms with Gasteiger partial charge in [-0.05, 0) is 124 Å². The second-order valence-corrected chi connectivity index (χ2v) is 12.4. The first-order valence-corrected chi connectivity index (χ1v) is 15.6. The molecular formula is C44H28. The Morgan fingerprint density at radius 2 is 0.818 bits per heavy atom. The van der Waals surface area contributed by atoms with Crippen LogP contribution in [0.4, 0.5) is 0 Å². The van der Waals surface area contributed by atoms with E-state index in [-0.39, 0.29) is 0 Å². The molecule has 44 heavy (non-hydrogen) atoms. The smallest absolute Gasteiger partial charge is 0.000728 e. The van der Waals surface area contributed by atoms with E-state index in [9.17, 15) is 0 Å². The molecule has 10 rings (SSSR count). The summed E-state index contributed by atoms with van der Waals surface area (Å²) in [6.07, 6.45) is 2.01. The van der Waals surface area contributed by atoms with Crippen molar-refractivity contribution in [1.29, 1.82) is 0 Å². The Labute approximate surface area is 256 Å². The van der Waals surface area contributed by atoms with Gasteiger partial charge < -0.3 is 0 Å². The van der Waals surface area contributed by atoms with Crippen LogP contribution in [0, 0.1) is 0 Å². The molecule has 0 saturated carbocycles. The Morgan fingerprint density at radius 3 is 1.48 bits per heavy atom. The zero-order chi connectivity index (χ0) is 28.8. The van der Waals surface area contributed by atoms with Crippen LogP contribution in [0.1, 0.15) is 22.3 Å². The molecule has 0 heterocycles. The predicted molar refractivity (Wildman–Crippen MR) is 186 cm³/mol. The lowest BCUT2D eigenvalue weighted by Crippen LogP contribution is -1.92. The molecule has 0 saturated heterocycles. The number of rotatable bonds is 2. The third-order valence-electron chi connectivity index (χ3n) is 10.1. The van der Waals surface area contributed by atoms with Crippen LogP contribution in [0.2, 0.25) is 0 Å². The minimum absolute atomic E-state index is 0.994. The molecular weight excluding hydrogens is 528 g/mol. The summed E-state index contributed by atoms with van der Waals surface area (Å²) in [6, 6.07) is 54.6. The SMILES string of the molecule is c1ccc2c(c1)Cc1ccc(-c3c4ccccc4c(-c4ccc5c(c4)-c4ccc6ccccc6c4C5)c4ccccc34)cc1-2. The van der Waals surface area contributed by atoms with Crippen molar-refractivity contribution in [1.82, 2.24) is 0 Å². The highest BCUT2D eigenvalue weighted by Crippen LogP contribution is 2.48. The summed E-state index contributed by atoms with van der Waals surface area (Å²) in [5, 5.41) is 7.91. The summed E-state index contributed by atoms with van der Waals surface area (Å²) in [5.41, 5.74) is 16.4. The Kier molecular flexibility index (Phi) is 4.93. The average molecular weight is 557 g/mol. The molecule has 0 fully saturated rings. The van der Waals surface area contributed by atoms with Gasteiger partial charge in [-0.3, -0.25) is 0 Å². The number of fused-ring (bicyclic) bond motifs is 10. The molecule has 8 aromatic carbocycles. The van der Waals surface area contributed by atoms with Gasteiger partial charge >= 0.3 is 0 Å². The predicted octanol–water partition coefficient (Wildman–Crippen LogP) is 11.6. The monoisotopic (exact) mass is 556 g/mol. The van der Waals surface area contributed by atoms with E-state index >= 15 is 0 Å². The van der Waals surface area contributed by atoms with E-state index in [0.717, 1.165) is 12.8 Å². The van der Waals surface area contributed by atoms with Crippen molar-refractivity contribution in [3.63, 3.8) is 0 Å². The van der Waals surface area contributed by atoms with Crippen LogP contribution in [0.25, 0.3) is 76.8 Å². The van der Waals surface area contributed by atoms with Crippen molar-refractivity contribution < 1.29 is 0 Å². The van der Waals surface area contributed by atoms with Crippen LogP contribution in [0.15, 0.2) is 146 Å². The van der Waals surface area contributed by atoms with Gasteiger partial charge in [-0.2, -0.15) is 0 Å². The molecule has 2 aliphatic carbocycles. The number of hydrogen-bond donors (Lipinski definition) is 0. The highest BCUT2D eigenvalue weighted by Gasteiger charge is 2.24. The molecule has 0 spiro atoms. The van der Waals surface area contributed by atoms with Crippen molar-refractivity contribution in [3.05, 3.63) is 168 Å². The summed E-state index contributed by atoms with van der Waals surface area (Å²) in [4.78, 5) is 0. The van der Waals surface area contributed by atoms with Gasteiger partial charge in [0.05, 0.1) is 0 Å². The van der Waals surface area contributed by atoms with Crippen molar-refractivity contribution in [3.8, 4) is 44.5 Å². The van der Waals surface area contributed by atoms with Crippen LogP contribution in [0.3, 0.4) is 0 Å². The summed E-state index contributed by atoms with van der Waals surface area (Å²) >= 11 is 0. The third-order valence-corrected chi connectivity index (χ3v) is 10.1. The van der Waals surface area contributed by atoms with Gasteiger partial charge in [0, 0.05) is 0 Å². The van der Waals surface area contributed by atoms with Gasteiger partial charge in [-0.25, -0.2) is 0 Å². The van der Waals surface area contributed by atoms with E-state index in [4.69, 9.17) is 0 Å². The fourth-order valence-corrected chi connectivity index (χ4v) is 8.14. The van der Waals surface area contributed by atoms with Crippen LogP contribution in [0.5, 0.6) is 0 Å². The maximum atomic E-state index is 2.45. The van der Waals surface area contributed by atoms with Crippen molar-refractivity contribution >= 4 is 32.3 Å². The summed E-state index contributed by atoms with van der Waals surface area (Å²) in [7, 11) is 0. The molecule has 0 N–H and O–H groups in total. The maximum Gasteiger partial charge on any atom is -0.000728 e. The average Bonchev–Trinajstić information content (AvgIpc) is 3.65. The first-order chi connectivity index (χ1) is 21.8. The molecule has 204 valence electrons.